The number of ether oxygens (including phenoxy) is 1. The highest BCUT2D eigenvalue weighted by Gasteiger charge is 2.40. The van der Waals surface area contributed by atoms with Crippen molar-refractivity contribution in [2.24, 2.45) is 0 Å². The van der Waals surface area contributed by atoms with Gasteiger partial charge in [0.15, 0.2) is 0 Å². The lowest BCUT2D eigenvalue weighted by atomic mass is 9.69. The van der Waals surface area contributed by atoms with E-state index in [2.05, 4.69) is 182 Å². The van der Waals surface area contributed by atoms with Gasteiger partial charge in [-0.1, -0.05) is 182 Å². The zero-order valence-electron chi connectivity index (χ0n) is 23.1. The maximum absolute atomic E-state index is 7.09. The van der Waals surface area contributed by atoms with Crippen LogP contribution in [-0.4, -0.2) is 13.2 Å². The summed E-state index contributed by atoms with van der Waals surface area (Å²) < 4.78 is 7.09. The maximum atomic E-state index is 7.09. The lowest BCUT2D eigenvalue weighted by Crippen LogP contribution is -2.40. The number of hydrogen-bond donors (Lipinski definition) is 0. The molecule has 0 heterocycles. The molecule has 0 saturated carbocycles. The Kier molecular flexibility index (Phi) is 7.89. The van der Waals surface area contributed by atoms with Crippen molar-refractivity contribution in [1.82, 2.24) is 0 Å². The van der Waals surface area contributed by atoms with Crippen LogP contribution in [0, 0.1) is 0 Å². The summed E-state index contributed by atoms with van der Waals surface area (Å²) in [5.74, 6) is 0. The predicted molar refractivity (Wildman–Crippen MR) is 169 cm³/mol. The SMILES string of the molecule is c1ccc(C(COCC(c2ccccc2)(c2ccccc2)c2ccccc2)(c2ccccc2)c2ccccc2)cc1. The molecule has 0 saturated heterocycles. The summed E-state index contributed by atoms with van der Waals surface area (Å²) in [6, 6.07) is 64.6. The van der Waals surface area contributed by atoms with E-state index in [4.69, 9.17) is 4.74 Å². The van der Waals surface area contributed by atoms with E-state index in [1.54, 1.807) is 0 Å². The van der Waals surface area contributed by atoms with Crippen LogP contribution in [0.15, 0.2) is 182 Å². The van der Waals surface area contributed by atoms with Gasteiger partial charge in [0.05, 0.1) is 24.0 Å². The molecule has 0 amide bonds. The van der Waals surface area contributed by atoms with Gasteiger partial charge in [-0.2, -0.15) is 0 Å². The molecule has 1 heteroatoms. The zero-order chi connectivity index (χ0) is 27.8. The van der Waals surface area contributed by atoms with Crippen LogP contribution < -0.4 is 0 Å². The molecule has 0 fully saturated rings. The third kappa shape index (κ3) is 5.13. The van der Waals surface area contributed by atoms with Gasteiger partial charge >= 0.3 is 0 Å². The molecule has 6 aromatic carbocycles. The molecule has 0 atom stereocenters. The lowest BCUT2D eigenvalue weighted by Gasteiger charge is -2.39. The monoisotopic (exact) mass is 530 g/mol. The summed E-state index contributed by atoms with van der Waals surface area (Å²) in [5.41, 5.74) is 6.29. The van der Waals surface area contributed by atoms with Crippen LogP contribution in [0.1, 0.15) is 33.4 Å². The molecule has 0 unspecified atom stereocenters. The molecule has 6 aromatic rings. The first-order valence-electron chi connectivity index (χ1n) is 14.2. The second kappa shape index (κ2) is 12.2. The van der Waals surface area contributed by atoms with Crippen LogP contribution in [0.2, 0.25) is 0 Å². The second-order valence-corrected chi connectivity index (χ2v) is 10.5. The first-order valence-corrected chi connectivity index (χ1v) is 14.2. The summed E-state index contributed by atoms with van der Waals surface area (Å²) in [5, 5.41) is 0. The van der Waals surface area contributed by atoms with Gasteiger partial charge in [-0.15, -0.1) is 0 Å². The molecule has 0 aliphatic carbocycles. The Morgan fingerprint density at radius 1 is 0.268 bits per heavy atom. The quantitative estimate of drug-likeness (QED) is 0.161. The van der Waals surface area contributed by atoms with Crippen LogP contribution in [0.5, 0.6) is 0 Å². The molecular formula is C40H34O. The number of benzene rings is 6. The summed E-state index contributed by atoms with van der Waals surface area (Å²) in [6.07, 6.45) is 0. The van der Waals surface area contributed by atoms with E-state index in [1.807, 2.05) is 0 Å². The fourth-order valence-electron chi connectivity index (χ4n) is 6.19. The first-order chi connectivity index (χ1) is 20.3. The summed E-state index contributed by atoms with van der Waals surface area (Å²) in [6.45, 7) is 0.971. The zero-order valence-corrected chi connectivity index (χ0v) is 23.1. The van der Waals surface area contributed by atoms with Crippen LogP contribution in [0.4, 0.5) is 0 Å². The maximum Gasteiger partial charge on any atom is 0.0685 e. The number of rotatable bonds is 10. The van der Waals surface area contributed by atoms with E-state index >= 15 is 0 Å². The van der Waals surface area contributed by atoms with E-state index in [9.17, 15) is 0 Å². The van der Waals surface area contributed by atoms with Crippen LogP contribution in [-0.2, 0) is 15.6 Å². The van der Waals surface area contributed by atoms with Gasteiger partial charge in [0.1, 0.15) is 0 Å². The topological polar surface area (TPSA) is 9.23 Å². The van der Waals surface area contributed by atoms with Crippen molar-refractivity contribution < 1.29 is 4.74 Å². The first kappa shape index (κ1) is 26.5. The van der Waals surface area contributed by atoms with Gasteiger partial charge in [0.2, 0.25) is 0 Å². The molecule has 0 N–H and O–H groups in total. The highest BCUT2D eigenvalue weighted by Crippen LogP contribution is 2.43. The molecule has 0 spiro atoms. The summed E-state index contributed by atoms with van der Waals surface area (Å²) in [4.78, 5) is 0. The van der Waals surface area contributed by atoms with Gasteiger partial charge in [-0.3, -0.25) is 0 Å². The van der Waals surface area contributed by atoms with E-state index < -0.39 is 10.8 Å². The Morgan fingerprint density at radius 2 is 0.439 bits per heavy atom. The molecule has 200 valence electrons. The van der Waals surface area contributed by atoms with Gasteiger partial charge in [0, 0.05) is 0 Å². The Morgan fingerprint density at radius 3 is 0.610 bits per heavy atom. The van der Waals surface area contributed by atoms with E-state index in [1.165, 1.54) is 33.4 Å². The van der Waals surface area contributed by atoms with Gasteiger partial charge in [0.25, 0.3) is 0 Å². The largest absolute Gasteiger partial charge is 0.378 e. The minimum Gasteiger partial charge on any atom is -0.378 e. The Bertz CT molecular complexity index is 1290. The average Bonchev–Trinajstić information content (AvgIpc) is 3.08. The molecule has 0 radical (unpaired) electrons. The number of hydrogen-bond acceptors (Lipinski definition) is 1. The molecule has 1 nitrogen and oxygen atoms in total. The predicted octanol–water partition coefficient (Wildman–Crippen LogP) is 9.07. The minimum atomic E-state index is -0.487. The van der Waals surface area contributed by atoms with Crippen molar-refractivity contribution in [1.29, 1.82) is 0 Å². The standard InChI is InChI=1S/C40H34O/c1-7-19-33(20-8-1)39(34-21-9-2-10-22-34,35-23-11-3-12-24-35)31-41-32-40(36-25-13-4-14-26-36,37-27-15-5-16-28-37)38-29-17-6-18-30-38/h1-30H,31-32H2. The highest BCUT2D eigenvalue weighted by atomic mass is 16.5. The van der Waals surface area contributed by atoms with Crippen molar-refractivity contribution >= 4 is 0 Å². The second-order valence-electron chi connectivity index (χ2n) is 10.5. The van der Waals surface area contributed by atoms with Crippen molar-refractivity contribution in [2.45, 2.75) is 10.8 Å². The average molecular weight is 531 g/mol. The Balaban J connectivity index is 1.50. The van der Waals surface area contributed by atoms with Crippen LogP contribution >= 0.6 is 0 Å². The van der Waals surface area contributed by atoms with Crippen LogP contribution in [0.3, 0.4) is 0 Å². The fourth-order valence-corrected chi connectivity index (χ4v) is 6.19. The molecular weight excluding hydrogens is 496 g/mol. The van der Waals surface area contributed by atoms with Crippen molar-refractivity contribution in [3.8, 4) is 0 Å². The van der Waals surface area contributed by atoms with Crippen molar-refractivity contribution in [2.75, 3.05) is 13.2 Å². The third-order valence-corrected chi connectivity index (χ3v) is 8.24. The van der Waals surface area contributed by atoms with Gasteiger partial charge in [-0.05, 0) is 33.4 Å². The minimum absolute atomic E-state index is 0.485. The molecule has 6 rings (SSSR count). The lowest BCUT2D eigenvalue weighted by molar-refractivity contribution is 0.0844. The van der Waals surface area contributed by atoms with E-state index in [0.717, 1.165) is 0 Å². The third-order valence-electron chi connectivity index (χ3n) is 8.24. The van der Waals surface area contributed by atoms with Crippen molar-refractivity contribution in [3.05, 3.63) is 215 Å². The van der Waals surface area contributed by atoms with Crippen LogP contribution in [0.25, 0.3) is 0 Å². The summed E-state index contributed by atoms with van der Waals surface area (Å²) in [7, 11) is 0. The normalized spacial score (nSPS) is 11.7. The molecule has 41 heavy (non-hydrogen) atoms. The summed E-state index contributed by atoms with van der Waals surface area (Å²) >= 11 is 0. The van der Waals surface area contributed by atoms with Gasteiger partial charge < -0.3 is 4.74 Å². The molecule has 0 aliphatic rings. The molecule has 0 aromatic heterocycles. The Labute approximate surface area is 243 Å². The van der Waals surface area contributed by atoms with Crippen molar-refractivity contribution in [3.63, 3.8) is 0 Å². The van der Waals surface area contributed by atoms with E-state index in [0.29, 0.717) is 13.2 Å². The smallest absolute Gasteiger partial charge is 0.0685 e. The van der Waals surface area contributed by atoms with Gasteiger partial charge in [-0.25, -0.2) is 0 Å². The highest BCUT2D eigenvalue weighted by molar-refractivity contribution is 5.52. The fraction of sp³-hybridized carbons (Fsp3) is 0.100. The Hall–Kier alpha value is -4.72. The molecule has 0 bridgehead atoms. The van der Waals surface area contributed by atoms with E-state index in [-0.39, 0.29) is 0 Å². The molecule has 0 aliphatic heterocycles.